The van der Waals surface area contributed by atoms with Crippen molar-refractivity contribution < 1.29 is 9.13 Å². The fraction of sp³-hybridized carbons (Fsp3) is 0.357. The maximum absolute atomic E-state index is 15.4. The summed E-state index contributed by atoms with van der Waals surface area (Å²) < 4.78 is 21.8. The molecular weight excluding hydrogens is 403 g/mol. The number of ether oxygens (including phenoxy) is 1. The van der Waals surface area contributed by atoms with Crippen LogP contribution in [0.4, 0.5) is 4.39 Å². The highest BCUT2D eigenvalue weighted by atomic mass is 32.2. The maximum Gasteiger partial charge on any atom is 0.170 e. The van der Waals surface area contributed by atoms with E-state index in [1.54, 1.807) is 6.07 Å². The van der Waals surface area contributed by atoms with Gasteiger partial charge in [0.25, 0.3) is 0 Å². The fourth-order valence-electron chi connectivity index (χ4n) is 4.52. The quantitative estimate of drug-likeness (QED) is 0.355. The van der Waals surface area contributed by atoms with Crippen LogP contribution in [0.3, 0.4) is 0 Å². The summed E-state index contributed by atoms with van der Waals surface area (Å²) >= 11 is 0. The average Bonchev–Trinajstić information content (AvgIpc) is 2.79. The Morgan fingerprint density at radius 1 is 0.742 bits per heavy atom. The molecule has 0 radical (unpaired) electrons. The third-order valence-corrected chi connectivity index (χ3v) is 8.54. The topological polar surface area (TPSA) is 9.23 Å². The van der Waals surface area contributed by atoms with Gasteiger partial charge in [0.2, 0.25) is 0 Å². The molecule has 4 rings (SSSR count). The Hall–Kier alpha value is -2.26. The highest BCUT2D eigenvalue weighted by Gasteiger charge is 2.33. The van der Waals surface area contributed by atoms with E-state index in [0.29, 0.717) is 5.75 Å². The fourth-order valence-corrected chi connectivity index (χ4v) is 6.62. The summed E-state index contributed by atoms with van der Waals surface area (Å²) in [5.41, 5.74) is -0.233. The average molecular weight is 436 g/mol. The summed E-state index contributed by atoms with van der Waals surface area (Å²) in [6, 6.07) is 26.3. The van der Waals surface area contributed by atoms with Crippen LogP contribution in [-0.4, -0.2) is 5.60 Å². The number of halogens is 1. The van der Waals surface area contributed by atoms with E-state index in [9.17, 15) is 0 Å². The van der Waals surface area contributed by atoms with Gasteiger partial charge >= 0.3 is 0 Å². The minimum absolute atomic E-state index is 0.233. The third-order valence-electron chi connectivity index (χ3n) is 6.33. The van der Waals surface area contributed by atoms with Gasteiger partial charge in [-0.05, 0) is 68.5 Å². The normalized spacial score (nSPS) is 16.5. The Morgan fingerprint density at radius 2 is 1.29 bits per heavy atom. The van der Waals surface area contributed by atoms with Crippen LogP contribution in [0.2, 0.25) is 0 Å². The Balaban J connectivity index is 1.65. The van der Waals surface area contributed by atoms with Gasteiger partial charge < -0.3 is 4.74 Å². The zero-order valence-corrected chi connectivity index (χ0v) is 19.2. The van der Waals surface area contributed by atoms with Gasteiger partial charge in [-0.25, -0.2) is 4.39 Å². The molecule has 0 N–H and O–H groups in total. The van der Waals surface area contributed by atoms with Crippen molar-refractivity contribution in [2.24, 2.45) is 0 Å². The van der Waals surface area contributed by atoms with Crippen molar-refractivity contribution in [2.75, 3.05) is 0 Å². The van der Waals surface area contributed by atoms with Crippen LogP contribution in [0.25, 0.3) is 0 Å². The van der Waals surface area contributed by atoms with Gasteiger partial charge in [-0.1, -0.05) is 62.6 Å². The SMILES string of the molecule is CCC1(Oc2ccc([S+](c3ccccc3)c3ccccc3)cc2F)CCCCCCC1. The summed E-state index contributed by atoms with van der Waals surface area (Å²) in [7, 11) is -0.353. The van der Waals surface area contributed by atoms with Crippen LogP contribution in [0, 0.1) is 5.82 Å². The molecular formula is C28H32FOS+. The van der Waals surface area contributed by atoms with Gasteiger partial charge in [0.15, 0.2) is 26.3 Å². The zero-order chi connectivity index (χ0) is 21.5. The first-order valence-electron chi connectivity index (χ1n) is 11.5. The molecule has 0 bridgehead atoms. The van der Waals surface area contributed by atoms with Gasteiger partial charge in [-0.3, -0.25) is 0 Å². The smallest absolute Gasteiger partial charge is 0.170 e. The Morgan fingerprint density at radius 3 is 1.81 bits per heavy atom. The van der Waals surface area contributed by atoms with Crippen molar-refractivity contribution in [3.05, 3.63) is 84.7 Å². The standard InChI is InChI=1S/C28H32FOS/c1-2-28(20-12-4-3-5-13-21-28)30-27-19-18-25(22-26(27)29)31(23-14-8-6-9-15-23)24-16-10-7-11-17-24/h6-11,14-19,22H,2-5,12-13,20-21H2,1H3/q+1. The van der Waals surface area contributed by atoms with Gasteiger partial charge in [0.1, 0.15) is 5.60 Å². The second kappa shape index (κ2) is 10.4. The first-order chi connectivity index (χ1) is 15.2. The van der Waals surface area contributed by atoms with Crippen LogP contribution < -0.4 is 4.74 Å². The molecule has 1 nitrogen and oxygen atoms in total. The molecule has 0 saturated heterocycles. The number of rotatable bonds is 6. The summed E-state index contributed by atoms with van der Waals surface area (Å²) in [5.74, 6) is 0.146. The van der Waals surface area contributed by atoms with Crippen LogP contribution in [0.15, 0.2) is 93.5 Å². The first-order valence-corrected chi connectivity index (χ1v) is 12.8. The maximum atomic E-state index is 15.4. The van der Waals surface area contributed by atoms with Crippen molar-refractivity contribution >= 4 is 10.9 Å². The predicted molar refractivity (Wildman–Crippen MR) is 127 cm³/mol. The van der Waals surface area contributed by atoms with Gasteiger partial charge in [-0.15, -0.1) is 0 Å². The van der Waals surface area contributed by atoms with E-state index < -0.39 is 0 Å². The number of hydrogen-bond acceptors (Lipinski definition) is 1. The molecule has 3 aromatic rings. The molecule has 3 heteroatoms. The number of hydrogen-bond donors (Lipinski definition) is 0. The molecule has 162 valence electrons. The Bertz CT molecular complexity index is 910. The summed E-state index contributed by atoms with van der Waals surface area (Å²) in [6.07, 6.45) is 9.11. The van der Waals surface area contributed by atoms with Crippen molar-refractivity contribution in [1.82, 2.24) is 0 Å². The largest absolute Gasteiger partial charge is 0.484 e. The van der Waals surface area contributed by atoms with E-state index in [4.69, 9.17) is 4.74 Å². The molecule has 31 heavy (non-hydrogen) atoms. The molecule has 3 aromatic carbocycles. The van der Waals surface area contributed by atoms with E-state index in [-0.39, 0.29) is 22.3 Å². The van der Waals surface area contributed by atoms with Crippen molar-refractivity contribution in [3.8, 4) is 5.75 Å². The van der Waals surface area contributed by atoms with Crippen molar-refractivity contribution in [3.63, 3.8) is 0 Å². The molecule has 0 amide bonds. The molecule has 0 atom stereocenters. The van der Waals surface area contributed by atoms with E-state index >= 15 is 4.39 Å². The Kier molecular flexibility index (Phi) is 7.34. The molecule has 0 heterocycles. The predicted octanol–water partition coefficient (Wildman–Crippen LogP) is 8.19. The molecule has 1 fully saturated rings. The van der Waals surface area contributed by atoms with Gasteiger partial charge in [0.05, 0.1) is 10.9 Å². The minimum Gasteiger partial charge on any atom is -0.484 e. The zero-order valence-electron chi connectivity index (χ0n) is 18.4. The molecule has 0 spiro atoms. The van der Waals surface area contributed by atoms with Gasteiger partial charge in [-0.2, -0.15) is 0 Å². The summed E-state index contributed by atoms with van der Waals surface area (Å²) in [4.78, 5) is 3.35. The van der Waals surface area contributed by atoms with Crippen LogP contribution in [-0.2, 0) is 10.9 Å². The molecule has 1 aliphatic carbocycles. The molecule has 1 aliphatic rings. The second-order valence-electron chi connectivity index (χ2n) is 8.43. The molecule has 0 aromatic heterocycles. The van der Waals surface area contributed by atoms with E-state index in [1.165, 1.54) is 41.9 Å². The van der Waals surface area contributed by atoms with Crippen LogP contribution >= 0.6 is 0 Å². The second-order valence-corrected chi connectivity index (χ2v) is 10.5. The number of benzene rings is 3. The highest BCUT2D eigenvalue weighted by molar-refractivity contribution is 7.97. The molecule has 1 saturated carbocycles. The van der Waals surface area contributed by atoms with Gasteiger partial charge in [0, 0.05) is 6.07 Å². The monoisotopic (exact) mass is 435 g/mol. The Labute approximate surface area is 189 Å². The van der Waals surface area contributed by atoms with Crippen molar-refractivity contribution in [1.29, 1.82) is 0 Å². The molecule has 0 aliphatic heterocycles. The summed E-state index contributed by atoms with van der Waals surface area (Å²) in [6.45, 7) is 2.18. The lowest BCUT2D eigenvalue weighted by Gasteiger charge is -2.35. The lowest BCUT2D eigenvalue weighted by atomic mass is 9.85. The molecule has 0 unspecified atom stereocenters. The van der Waals surface area contributed by atoms with Crippen molar-refractivity contribution in [2.45, 2.75) is 78.6 Å². The lowest BCUT2D eigenvalue weighted by molar-refractivity contribution is 0.0329. The third kappa shape index (κ3) is 5.33. The van der Waals surface area contributed by atoms with Crippen LogP contribution in [0.5, 0.6) is 5.75 Å². The first kappa shape index (κ1) is 22.0. The minimum atomic E-state index is -0.353. The van der Waals surface area contributed by atoms with E-state index in [1.807, 2.05) is 48.5 Å². The lowest BCUT2D eigenvalue weighted by Crippen LogP contribution is -2.36. The highest BCUT2D eigenvalue weighted by Crippen LogP contribution is 2.37. The summed E-state index contributed by atoms with van der Waals surface area (Å²) in [5, 5.41) is 0. The van der Waals surface area contributed by atoms with E-state index in [0.717, 1.165) is 24.2 Å². The van der Waals surface area contributed by atoms with Crippen LogP contribution in [0.1, 0.15) is 58.3 Å². The van der Waals surface area contributed by atoms with E-state index in [2.05, 4.69) is 31.2 Å².